The van der Waals surface area contributed by atoms with Crippen molar-refractivity contribution in [2.75, 3.05) is 63.1 Å². The number of anilines is 2. The fourth-order valence-electron chi connectivity index (χ4n) is 8.03. The van der Waals surface area contributed by atoms with Gasteiger partial charge in [-0.1, -0.05) is 32.4 Å². The number of nitrogens with two attached hydrogens (primary N) is 1. The number of likely N-dealkylation sites (N-methyl/N-ethyl adjacent to an activating group) is 1. The Morgan fingerprint density at radius 3 is 2.29 bits per heavy atom. The van der Waals surface area contributed by atoms with Gasteiger partial charge < -0.3 is 50.8 Å². The summed E-state index contributed by atoms with van der Waals surface area (Å²) in [6.45, 7) is 8.40. The third kappa shape index (κ3) is 11.9. The minimum Gasteiger partial charge on any atom is -0.487 e. The second-order valence-corrected chi connectivity index (χ2v) is 17.2. The Bertz CT molecular complexity index is 2410. The predicted molar refractivity (Wildman–Crippen MR) is 242 cm³/mol. The van der Waals surface area contributed by atoms with Crippen molar-refractivity contribution in [1.82, 2.24) is 30.3 Å². The van der Waals surface area contributed by atoms with E-state index in [-0.39, 0.29) is 91.9 Å². The van der Waals surface area contributed by atoms with E-state index < -0.39 is 47.1 Å². The molecule has 19 nitrogen and oxygen atoms in total. The molecule has 6 rings (SSSR count). The van der Waals surface area contributed by atoms with Crippen molar-refractivity contribution in [3.8, 4) is 5.75 Å². The minimum absolute atomic E-state index is 0.0132. The highest BCUT2D eigenvalue weighted by molar-refractivity contribution is 6.12. The molecule has 7 amide bonds. The zero-order chi connectivity index (χ0) is 47.7. The van der Waals surface area contributed by atoms with Crippen LogP contribution in [0.15, 0.2) is 53.5 Å². The third-order valence-corrected chi connectivity index (χ3v) is 11.8. The van der Waals surface area contributed by atoms with Gasteiger partial charge in [0.25, 0.3) is 11.8 Å². The Labute approximate surface area is 381 Å². The number of nitrogens with one attached hydrogen (secondary N) is 4. The molecule has 1 aromatic heterocycles. The molecule has 3 aliphatic rings. The topological polar surface area (TPSA) is 244 Å². The van der Waals surface area contributed by atoms with Gasteiger partial charge in [-0.15, -0.1) is 0 Å². The van der Waals surface area contributed by atoms with Crippen LogP contribution in [-0.2, 0) is 35.3 Å². The number of pyridine rings is 1. The van der Waals surface area contributed by atoms with Gasteiger partial charge in [-0.3, -0.25) is 33.7 Å². The predicted octanol–water partition coefficient (Wildman–Crippen LogP) is 2.70. The lowest BCUT2D eigenvalue weighted by atomic mass is 10.0. The number of primary amides is 1. The SMILES string of the molecule is CC(C)C(NC(=O)CCCCCN1C(=O)C=CC1=O)C(=O)N[C@@H](CCCNC(N)=O)C(=O)Nc1ccc(COC(=O)c2cn3c4c(c(N5CCN(C)CC5)c(F)cc4c2=O)OCC3C)cc1. The molecule has 1 saturated heterocycles. The first-order valence-corrected chi connectivity index (χ1v) is 22.2. The Morgan fingerprint density at radius 2 is 1.62 bits per heavy atom. The van der Waals surface area contributed by atoms with E-state index in [9.17, 15) is 38.4 Å². The summed E-state index contributed by atoms with van der Waals surface area (Å²) in [5.74, 6) is -3.83. The number of carbonyl (C=O) groups is 7. The van der Waals surface area contributed by atoms with Gasteiger partial charge in [0.1, 0.15) is 36.5 Å². The molecule has 3 atom stereocenters. The Morgan fingerprint density at radius 1 is 0.924 bits per heavy atom. The van der Waals surface area contributed by atoms with Crippen molar-refractivity contribution in [2.45, 2.75) is 84.0 Å². The largest absolute Gasteiger partial charge is 0.487 e. The highest BCUT2D eigenvalue weighted by atomic mass is 19.1. The number of rotatable bonds is 20. The van der Waals surface area contributed by atoms with Crippen LogP contribution in [-0.4, -0.2) is 121 Å². The van der Waals surface area contributed by atoms with Crippen molar-refractivity contribution >= 4 is 63.8 Å². The van der Waals surface area contributed by atoms with Gasteiger partial charge in [0.05, 0.1) is 16.9 Å². The average molecular weight is 916 g/mol. The zero-order valence-electron chi connectivity index (χ0n) is 37.7. The summed E-state index contributed by atoms with van der Waals surface area (Å²) >= 11 is 0. The number of ether oxygens (including phenoxy) is 2. The molecule has 0 bridgehead atoms. The number of aromatic nitrogens is 1. The fourth-order valence-corrected chi connectivity index (χ4v) is 8.03. The lowest BCUT2D eigenvalue weighted by Gasteiger charge is -2.37. The number of nitrogens with zero attached hydrogens (tertiary/aromatic N) is 4. The monoisotopic (exact) mass is 915 g/mol. The summed E-state index contributed by atoms with van der Waals surface area (Å²) < 4.78 is 29.2. The maximum atomic E-state index is 15.8. The molecule has 0 radical (unpaired) electrons. The van der Waals surface area contributed by atoms with Gasteiger partial charge >= 0.3 is 12.0 Å². The van der Waals surface area contributed by atoms with E-state index in [0.717, 1.165) is 18.0 Å². The first-order valence-electron chi connectivity index (χ1n) is 22.2. The smallest absolute Gasteiger partial charge is 0.343 e. The highest BCUT2D eigenvalue weighted by Crippen LogP contribution is 2.42. The molecule has 2 aromatic carbocycles. The van der Waals surface area contributed by atoms with E-state index in [1.54, 1.807) is 42.7 Å². The van der Waals surface area contributed by atoms with Gasteiger partial charge in [-0.25, -0.2) is 14.0 Å². The van der Waals surface area contributed by atoms with Gasteiger partial charge in [-0.05, 0) is 69.3 Å². The first-order chi connectivity index (χ1) is 31.5. The van der Waals surface area contributed by atoms with Crippen LogP contribution in [0.3, 0.4) is 0 Å². The quantitative estimate of drug-likeness (QED) is 0.0625. The molecule has 354 valence electrons. The first kappa shape index (κ1) is 48.6. The van der Waals surface area contributed by atoms with Crippen LogP contribution in [0.4, 0.5) is 20.6 Å². The fraction of sp³-hybridized carbons (Fsp3) is 0.478. The van der Waals surface area contributed by atoms with Crippen LogP contribution in [0, 0.1) is 11.7 Å². The summed E-state index contributed by atoms with van der Waals surface area (Å²) in [5.41, 5.74) is 5.87. The number of hydrogen-bond acceptors (Lipinski definition) is 12. The number of imide groups is 1. The number of halogens is 1. The molecule has 2 unspecified atom stereocenters. The van der Waals surface area contributed by atoms with Gasteiger partial charge in [0, 0.05) is 69.7 Å². The van der Waals surface area contributed by atoms with Crippen LogP contribution in [0.1, 0.15) is 81.3 Å². The summed E-state index contributed by atoms with van der Waals surface area (Å²) in [6.07, 6.45) is 5.92. The van der Waals surface area contributed by atoms with Crippen molar-refractivity contribution in [2.24, 2.45) is 11.7 Å². The van der Waals surface area contributed by atoms with E-state index in [2.05, 4.69) is 26.2 Å². The van der Waals surface area contributed by atoms with Gasteiger partial charge in [-0.2, -0.15) is 0 Å². The number of urea groups is 1. The number of carbonyl (C=O) groups excluding carboxylic acids is 7. The summed E-state index contributed by atoms with van der Waals surface area (Å²) in [5, 5.41) is 10.7. The molecule has 20 heteroatoms. The number of piperazine rings is 1. The second-order valence-electron chi connectivity index (χ2n) is 17.2. The molecular formula is C46H58FN9O10. The van der Waals surface area contributed by atoms with Crippen LogP contribution in [0.2, 0.25) is 0 Å². The van der Waals surface area contributed by atoms with Crippen molar-refractivity contribution < 1.29 is 47.4 Å². The Kier molecular flexibility index (Phi) is 16.1. The van der Waals surface area contributed by atoms with Gasteiger partial charge in [0.2, 0.25) is 23.2 Å². The summed E-state index contributed by atoms with van der Waals surface area (Å²) in [4.78, 5) is 107. The van der Waals surface area contributed by atoms with E-state index in [4.69, 9.17) is 15.2 Å². The molecule has 3 aliphatic heterocycles. The second kappa shape index (κ2) is 21.9. The number of benzene rings is 2. The maximum Gasteiger partial charge on any atom is 0.343 e. The van der Waals surface area contributed by atoms with Crippen LogP contribution in [0.25, 0.3) is 10.9 Å². The zero-order valence-corrected chi connectivity index (χ0v) is 37.7. The van der Waals surface area contributed by atoms with Crippen molar-refractivity contribution in [3.63, 3.8) is 0 Å². The van der Waals surface area contributed by atoms with Crippen molar-refractivity contribution in [1.29, 1.82) is 0 Å². The lowest BCUT2D eigenvalue weighted by Crippen LogP contribution is -2.54. The average Bonchev–Trinajstić information content (AvgIpc) is 3.60. The molecule has 0 aliphatic carbocycles. The molecule has 1 fully saturated rings. The normalized spacial score (nSPS) is 16.8. The summed E-state index contributed by atoms with van der Waals surface area (Å²) in [7, 11) is 2.00. The standard InChI is InChI=1S/C46H58FN9O10/c1-27(2)38(52-35(57)10-6-5-7-18-55-36(58)15-16-37(55)59)44(62)51-34(9-8-17-49-46(48)64)43(61)50-30-13-11-29(12-14-30)26-66-45(63)32-24-56-28(3)25-65-42-39(56)31(41(32)60)23-33(47)40(42)54-21-19-53(4)20-22-54/h11-16,23-24,27-28,34,38H,5-10,17-22,25-26H2,1-4H3,(H,50,61)(H,51,62)(H,52,57)(H3,48,49,64)/t28?,34-,38?/m0/s1. The van der Waals surface area contributed by atoms with Crippen molar-refractivity contribution in [3.05, 3.63) is 75.8 Å². The Balaban J connectivity index is 1.06. The van der Waals surface area contributed by atoms with E-state index in [1.807, 2.05) is 18.9 Å². The minimum atomic E-state index is -1.08. The van der Waals surface area contributed by atoms with E-state index >= 15 is 4.39 Å². The Hall–Kier alpha value is -6.83. The van der Waals surface area contributed by atoms with Crippen LogP contribution < -0.4 is 42.1 Å². The molecule has 0 saturated carbocycles. The number of unbranched alkanes of at least 4 members (excludes halogenated alkanes) is 2. The number of hydrogen-bond donors (Lipinski definition) is 5. The van der Waals surface area contributed by atoms with Crippen LogP contribution >= 0.6 is 0 Å². The molecule has 0 spiro atoms. The molecule has 4 heterocycles. The summed E-state index contributed by atoms with van der Waals surface area (Å²) in [6, 6.07) is 4.46. The number of esters is 1. The highest BCUT2D eigenvalue weighted by Gasteiger charge is 2.32. The van der Waals surface area contributed by atoms with Crippen LogP contribution in [0.5, 0.6) is 5.75 Å². The molecular weight excluding hydrogens is 858 g/mol. The van der Waals surface area contributed by atoms with E-state index in [1.165, 1.54) is 24.4 Å². The van der Waals surface area contributed by atoms with E-state index in [0.29, 0.717) is 54.8 Å². The molecule has 3 aromatic rings. The third-order valence-electron chi connectivity index (χ3n) is 11.8. The molecule has 6 N–H and O–H groups in total. The lowest BCUT2D eigenvalue weighted by molar-refractivity contribution is -0.137. The number of amides is 7. The maximum absolute atomic E-state index is 15.8. The van der Waals surface area contributed by atoms with Gasteiger partial charge in [0.15, 0.2) is 11.6 Å². The molecule has 66 heavy (non-hydrogen) atoms.